The van der Waals surface area contributed by atoms with E-state index < -0.39 is 17.1 Å². The van der Waals surface area contributed by atoms with Crippen LogP contribution in [0.1, 0.15) is 47.1 Å². The molecule has 7 nitrogen and oxygen atoms in total. The van der Waals surface area contributed by atoms with Crippen LogP contribution < -0.4 is 16.0 Å². The molecule has 0 saturated carbocycles. The molecule has 1 aromatic rings. The van der Waals surface area contributed by atoms with Crippen molar-refractivity contribution in [2.24, 2.45) is 5.41 Å². The quantitative estimate of drug-likeness (QED) is 0.749. The Balaban J connectivity index is 2.47. The summed E-state index contributed by atoms with van der Waals surface area (Å²) >= 11 is 0. The maximum atomic E-state index is 12.0. The topological polar surface area (TPSA) is 96.5 Å². The SMILES string of the molecule is CC(C)(C)OC(=O)NCC(=O)NCc1cccc(NC(=O)C(C)(C)C)c1. The van der Waals surface area contributed by atoms with E-state index in [1.807, 2.05) is 26.8 Å². The summed E-state index contributed by atoms with van der Waals surface area (Å²) in [5.74, 6) is -0.416. The molecule has 0 fully saturated rings. The fourth-order valence-electron chi connectivity index (χ4n) is 1.81. The predicted octanol–water partition coefficient (Wildman–Crippen LogP) is 2.81. The van der Waals surface area contributed by atoms with Crippen molar-refractivity contribution in [3.05, 3.63) is 29.8 Å². The van der Waals surface area contributed by atoms with Gasteiger partial charge in [-0.25, -0.2) is 4.79 Å². The molecular weight excluding hydrogens is 334 g/mol. The van der Waals surface area contributed by atoms with Crippen LogP contribution in [0, 0.1) is 5.41 Å². The summed E-state index contributed by atoms with van der Waals surface area (Å²) in [6, 6.07) is 7.23. The van der Waals surface area contributed by atoms with Gasteiger partial charge in [-0.2, -0.15) is 0 Å². The Morgan fingerprint density at radius 2 is 1.65 bits per heavy atom. The predicted molar refractivity (Wildman–Crippen MR) is 101 cm³/mol. The van der Waals surface area contributed by atoms with E-state index in [4.69, 9.17) is 4.74 Å². The van der Waals surface area contributed by atoms with Crippen LogP contribution in [0.15, 0.2) is 24.3 Å². The zero-order valence-electron chi connectivity index (χ0n) is 16.4. The standard InChI is InChI=1S/C19H29N3O4/c1-18(2,3)16(24)22-14-9-7-8-13(10-14)11-20-15(23)12-21-17(25)26-19(4,5)6/h7-10H,11-12H2,1-6H3,(H,20,23)(H,21,25)(H,22,24). The zero-order chi connectivity index (χ0) is 20.0. The highest BCUT2D eigenvalue weighted by molar-refractivity contribution is 5.94. The summed E-state index contributed by atoms with van der Waals surface area (Å²) in [7, 11) is 0. The number of carbonyl (C=O) groups is 3. The largest absolute Gasteiger partial charge is 0.444 e. The molecule has 0 heterocycles. The van der Waals surface area contributed by atoms with E-state index in [0.717, 1.165) is 5.56 Å². The molecule has 144 valence electrons. The Morgan fingerprint density at radius 1 is 1.00 bits per heavy atom. The lowest BCUT2D eigenvalue weighted by molar-refractivity contribution is -0.123. The summed E-state index contributed by atoms with van der Waals surface area (Å²) in [5, 5.41) is 7.95. The molecule has 3 N–H and O–H groups in total. The number of ether oxygens (including phenoxy) is 1. The smallest absolute Gasteiger partial charge is 0.408 e. The number of nitrogens with one attached hydrogen (secondary N) is 3. The highest BCUT2D eigenvalue weighted by Crippen LogP contribution is 2.18. The second kappa shape index (κ2) is 8.69. The first-order valence-corrected chi connectivity index (χ1v) is 8.51. The van der Waals surface area contributed by atoms with Crippen LogP contribution in [-0.2, 0) is 20.9 Å². The summed E-state index contributed by atoms with van der Waals surface area (Å²) in [6.45, 7) is 10.9. The lowest BCUT2D eigenvalue weighted by Gasteiger charge is -2.19. The van der Waals surface area contributed by atoms with Crippen molar-refractivity contribution in [3.63, 3.8) is 0 Å². The number of alkyl carbamates (subject to hydrolysis) is 1. The normalized spacial score (nSPS) is 11.5. The van der Waals surface area contributed by atoms with Crippen molar-refractivity contribution in [2.75, 3.05) is 11.9 Å². The van der Waals surface area contributed by atoms with Crippen molar-refractivity contribution in [1.82, 2.24) is 10.6 Å². The molecule has 0 radical (unpaired) electrons. The minimum atomic E-state index is -0.639. The minimum Gasteiger partial charge on any atom is -0.444 e. The van der Waals surface area contributed by atoms with Crippen LogP contribution in [-0.4, -0.2) is 30.1 Å². The van der Waals surface area contributed by atoms with Gasteiger partial charge in [-0.05, 0) is 38.5 Å². The van der Waals surface area contributed by atoms with Crippen molar-refractivity contribution in [3.8, 4) is 0 Å². The van der Waals surface area contributed by atoms with Gasteiger partial charge in [0.2, 0.25) is 11.8 Å². The second-order valence-electron chi connectivity index (χ2n) is 8.04. The van der Waals surface area contributed by atoms with Crippen LogP contribution in [0.2, 0.25) is 0 Å². The average molecular weight is 363 g/mol. The Labute approximate surface area is 154 Å². The number of hydrogen-bond donors (Lipinski definition) is 3. The monoisotopic (exact) mass is 363 g/mol. The molecule has 0 aliphatic heterocycles. The Kier molecular flexibility index (Phi) is 7.18. The first-order chi connectivity index (χ1) is 11.9. The molecule has 7 heteroatoms. The fraction of sp³-hybridized carbons (Fsp3) is 0.526. The minimum absolute atomic E-state index is 0.0831. The van der Waals surface area contributed by atoms with Gasteiger partial charge in [-0.3, -0.25) is 9.59 Å². The molecule has 0 atom stereocenters. The van der Waals surface area contributed by atoms with Gasteiger partial charge in [0.05, 0.1) is 0 Å². The van der Waals surface area contributed by atoms with Gasteiger partial charge in [-0.15, -0.1) is 0 Å². The van der Waals surface area contributed by atoms with Gasteiger partial charge in [0.1, 0.15) is 12.1 Å². The van der Waals surface area contributed by atoms with E-state index in [0.29, 0.717) is 5.69 Å². The molecule has 0 aliphatic rings. The van der Waals surface area contributed by atoms with Crippen LogP contribution in [0.5, 0.6) is 0 Å². The number of rotatable bonds is 5. The van der Waals surface area contributed by atoms with Gasteiger partial charge in [0, 0.05) is 17.6 Å². The van der Waals surface area contributed by atoms with Gasteiger partial charge in [0.25, 0.3) is 0 Å². The average Bonchev–Trinajstić information content (AvgIpc) is 2.48. The van der Waals surface area contributed by atoms with Crippen LogP contribution in [0.25, 0.3) is 0 Å². The lowest BCUT2D eigenvalue weighted by Crippen LogP contribution is -2.39. The molecule has 0 unspecified atom stereocenters. The van der Waals surface area contributed by atoms with Gasteiger partial charge in [0.15, 0.2) is 0 Å². The number of anilines is 1. The molecule has 0 saturated heterocycles. The van der Waals surface area contributed by atoms with Gasteiger partial charge < -0.3 is 20.7 Å². The zero-order valence-corrected chi connectivity index (χ0v) is 16.4. The van der Waals surface area contributed by atoms with Crippen molar-refractivity contribution in [1.29, 1.82) is 0 Å². The summed E-state index contributed by atoms with van der Waals surface area (Å²) in [4.78, 5) is 35.4. The third kappa shape index (κ3) is 8.50. The van der Waals surface area contributed by atoms with Crippen molar-refractivity contribution >= 4 is 23.6 Å². The van der Waals surface area contributed by atoms with E-state index >= 15 is 0 Å². The lowest BCUT2D eigenvalue weighted by atomic mass is 9.95. The van der Waals surface area contributed by atoms with Crippen LogP contribution >= 0.6 is 0 Å². The molecule has 3 amide bonds. The van der Waals surface area contributed by atoms with E-state index in [-0.39, 0.29) is 24.9 Å². The Bertz CT molecular complexity index is 657. The summed E-state index contributed by atoms with van der Waals surface area (Å²) < 4.78 is 5.06. The first-order valence-electron chi connectivity index (χ1n) is 8.51. The maximum Gasteiger partial charge on any atom is 0.408 e. The van der Waals surface area contributed by atoms with Gasteiger partial charge in [-0.1, -0.05) is 32.9 Å². The summed E-state index contributed by atoms with van der Waals surface area (Å²) in [5.41, 5.74) is 0.404. The maximum absolute atomic E-state index is 12.0. The van der Waals surface area contributed by atoms with Crippen LogP contribution in [0.3, 0.4) is 0 Å². The van der Waals surface area contributed by atoms with Crippen molar-refractivity contribution < 1.29 is 19.1 Å². The Hall–Kier alpha value is -2.57. The number of amides is 3. The van der Waals surface area contributed by atoms with Crippen LogP contribution in [0.4, 0.5) is 10.5 Å². The highest BCUT2D eigenvalue weighted by atomic mass is 16.6. The third-order valence-electron chi connectivity index (χ3n) is 3.15. The van der Waals surface area contributed by atoms with E-state index in [1.54, 1.807) is 39.0 Å². The fourth-order valence-corrected chi connectivity index (χ4v) is 1.81. The molecule has 1 rings (SSSR count). The molecule has 0 aromatic heterocycles. The molecule has 1 aromatic carbocycles. The first kappa shape index (κ1) is 21.5. The van der Waals surface area contributed by atoms with E-state index in [9.17, 15) is 14.4 Å². The molecule has 0 bridgehead atoms. The molecule has 26 heavy (non-hydrogen) atoms. The van der Waals surface area contributed by atoms with E-state index in [1.165, 1.54) is 0 Å². The second-order valence-corrected chi connectivity index (χ2v) is 8.04. The highest BCUT2D eigenvalue weighted by Gasteiger charge is 2.21. The number of benzene rings is 1. The molecule has 0 spiro atoms. The number of hydrogen-bond acceptors (Lipinski definition) is 4. The molecule has 0 aliphatic carbocycles. The number of carbonyl (C=O) groups excluding carboxylic acids is 3. The van der Waals surface area contributed by atoms with Gasteiger partial charge >= 0.3 is 6.09 Å². The summed E-state index contributed by atoms with van der Waals surface area (Å²) in [6.07, 6.45) is -0.639. The Morgan fingerprint density at radius 3 is 2.23 bits per heavy atom. The van der Waals surface area contributed by atoms with Crippen molar-refractivity contribution in [2.45, 2.75) is 53.7 Å². The van der Waals surface area contributed by atoms with E-state index in [2.05, 4.69) is 16.0 Å². The third-order valence-corrected chi connectivity index (χ3v) is 3.15. The molecular formula is C19H29N3O4.